The minimum atomic E-state index is -0.581. The highest BCUT2D eigenvalue weighted by molar-refractivity contribution is 5.96. The first-order chi connectivity index (χ1) is 7.58. The summed E-state index contributed by atoms with van der Waals surface area (Å²) in [7, 11) is 0. The summed E-state index contributed by atoms with van der Waals surface area (Å²) >= 11 is 0. The number of amides is 1. The van der Waals surface area contributed by atoms with Gasteiger partial charge in [-0.3, -0.25) is 4.79 Å². The molecule has 0 unspecified atom stereocenters. The number of nitrogens with zero attached hydrogens (tertiary/aromatic N) is 3. The summed E-state index contributed by atoms with van der Waals surface area (Å²) in [5.74, 6) is -0.197. The summed E-state index contributed by atoms with van der Waals surface area (Å²) in [5.41, 5.74) is 12.4. The lowest BCUT2D eigenvalue weighted by Gasteiger charge is -2.05. The maximum Gasteiger partial charge on any atom is 0.252 e. The number of pyridine rings is 1. The molecular formula is C10H11N5O. The van der Waals surface area contributed by atoms with E-state index in [-0.39, 0.29) is 5.56 Å². The Morgan fingerprint density at radius 1 is 1.44 bits per heavy atom. The van der Waals surface area contributed by atoms with Crippen LogP contribution in [0.2, 0.25) is 0 Å². The molecule has 0 spiro atoms. The van der Waals surface area contributed by atoms with Crippen molar-refractivity contribution in [3.05, 3.63) is 35.8 Å². The monoisotopic (exact) mass is 217 g/mol. The average Bonchev–Trinajstić information content (AvgIpc) is 2.64. The minimum absolute atomic E-state index is 0.253. The van der Waals surface area contributed by atoms with E-state index in [4.69, 9.17) is 11.5 Å². The zero-order valence-electron chi connectivity index (χ0n) is 8.71. The first-order valence-electron chi connectivity index (χ1n) is 4.65. The molecule has 0 saturated heterocycles. The summed E-state index contributed by atoms with van der Waals surface area (Å²) in [6.07, 6.45) is 4.88. The summed E-state index contributed by atoms with van der Waals surface area (Å²) in [4.78, 5) is 15.3. The van der Waals surface area contributed by atoms with Crippen molar-refractivity contribution >= 4 is 11.6 Å². The fourth-order valence-corrected chi connectivity index (χ4v) is 1.37. The molecule has 6 heteroatoms. The van der Waals surface area contributed by atoms with Gasteiger partial charge in [0.25, 0.3) is 5.91 Å². The average molecular weight is 217 g/mol. The molecule has 6 nitrogen and oxygen atoms in total. The van der Waals surface area contributed by atoms with Crippen LogP contribution in [0.3, 0.4) is 0 Å². The summed E-state index contributed by atoms with van der Waals surface area (Å²) < 4.78 is 1.49. The molecule has 0 bridgehead atoms. The number of hydrogen-bond acceptors (Lipinski definition) is 4. The molecule has 0 aromatic carbocycles. The molecule has 4 N–H and O–H groups in total. The second kappa shape index (κ2) is 3.65. The van der Waals surface area contributed by atoms with Gasteiger partial charge in [-0.05, 0) is 18.6 Å². The van der Waals surface area contributed by atoms with Gasteiger partial charge in [0.1, 0.15) is 0 Å². The largest absolute Gasteiger partial charge is 0.397 e. The molecule has 1 amide bonds. The summed E-state index contributed by atoms with van der Waals surface area (Å²) in [6, 6.07) is 1.49. The highest BCUT2D eigenvalue weighted by Gasteiger charge is 2.12. The van der Waals surface area contributed by atoms with Gasteiger partial charge in [0.2, 0.25) is 0 Å². The Morgan fingerprint density at radius 2 is 2.19 bits per heavy atom. The predicted molar refractivity (Wildman–Crippen MR) is 59.0 cm³/mol. The van der Waals surface area contributed by atoms with Gasteiger partial charge in [0, 0.05) is 6.20 Å². The number of primary amides is 1. The van der Waals surface area contributed by atoms with E-state index in [1.54, 1.807) is 12.4 Å². The standard InChI is InChI=1S/C10H11N5O/c1-6-3-14-15(5-6)10-8(9(12)16)2-7(11)4-13-10/h2-5H,11H2,1H3,(H2,12,16). The van der Waals surface area contributed by atoms with Gasteiger partial charge < -0.3 is 11.5 Å². The second-order valence-electron chi connectivity index (χ2n) is 3.47. The second-order valence-corrected chi connectivity index (χ2v) is 3.47. The van der Waals surface area contributed by atoms with Gasteiger partial charge in [-0.25, -0.2) is 9.67 Å². The third-order valence-electron chi connectivity index (χ3n) is 2.08. The van der Waals surface area contributed by atoms with Crippen molar-refractivity contribution in [2.24, 2.45) is 5.73 Å². The molecule has 0 radical (unpaired) electrons. The van der Waals surface area contributed by atoms with Gasteiger partial charge in [-0.15, -0.1) is 0 Å². The molecule has 0 atom stereocenters. The Morgan fingerprint density at radius 3 is 2.75 bits per heavy atom. The molecule has 0 fully saturated rings. The summed E-state index contributed by atoms with van der Waals surface area (Å²) in [6.45, 7) is 1.89. The Bertz CT molecular complexity index is 546. The number of anilines is 1. The number of hydrogen-bond donors (Lipinski definition) is 2. The molecule has 2 rings (SSSR count). The Kier molecular flexibility index (Phi) is 2.32. The molecular weight excluding hydrogens is 206 g/mol. The van der Waals surface area contributed by atoms with E-state index in [0.717, 1.165) is 5.56 Å². The first-order valence-corrected chi connectivity index (χ1v) is 4.65. The lowest BCUT2D eigenvalue weighted by molar-refractivity contribution is 0.1000. The van der Waals surface area contributed by atoms with E-state index in [9.17, 15) is 4.79 Å². The fourth-order valence-electron chi connectivity index (χ4n) is 1.37. The smallest absolute Gasteiger partial charge is 0.252 e. The number of carbonyl (C=O) groups is 1. The minimum Gasteiger partial charge on any atom is -0.397 e. The number of nitrogen functional groups attached to an aromatic ring is 1. The van der Waals surface area contributed by atoms with Crippen LogP contribution in [-0.4, -0.2) is 20.7 Å². The van der Waals surface area contributed by atoms with E-state index in [0.29, 0.717) is 11.5 Å². The zero-order valence-corrected chi connectivity index (χ0v) is 8.71. The van der Waals surface area contributed by atoms with E-state index in [1.165, 1.54) is 16.9 Å². The van der Waals surface area contributed by atoms with Crippen LogP contribution in [0.25, 0.3) is 5.82 Å². The summed E-state index contributed by atoms with van der Waals surface area (Å²) in [5, 5.41) is 4.06. The van der Waals surface area contributed by atoms with Gasteiger partial charge >= 0.3 is 0 Å². The van der Waals surface area contributed by atoms with Crippen molar-refractivity contribution < 1.29 is 4.79 Å². The topological polar surface area (TPSA) is 99.8 Å². The molecule has 0 saturated carbocycles. The van der Waals surface area contributed by atoms with Gasteiger partial charge in [-0.1, -0.05) is 0 Å². The quantitative estimate of drug-likeness (QED) is 0.753. The van der Waals surface area contributed by atoms with E-state index < -0.39 is 5.91 Å². The van der Waals surface area contributed by atoms with Crippen molar-refractivity contribution in [1.82, 2.24) is 14.8 Å². The number of carbonyl (C=O) groups excluding carboxylic acids is 1. The molecule has 2 aromatic rings. The molecule has 0 aliphatic carbocycles. The highest BCUT2D eigenvalue weighted by atomic mass is 16.1. The van der Waals surface area contributed by atoms with Gasteiger partial charge in [-0.2, -0.15) is 5.10 Å². The number of aromatic nitrogens is 3. The molecule has 82 valence electrons. The maximum absolute atomic E-state index is 11.2. The van der Waals surface area contributed by atoms with Crippen LogP contribution in [0.15, 0.2) is 24.7 Å². The van der Waals surface area contributed by atoms with Crippen molar-refractivity contribution in [2.45, 2.75) is 6.92 Å². The highest BCUT2D eigenvalue weighted by Crippen LogP contribution is 2.14. The normalized spacial score (nSPS) is 10.3. The Balaban J connectivity index is 2.60. The third kappa shape index (κ3) is 1.72. The van der Waals surface area contributed by atoms with Crippen LogP contribution in [0.4, 0.5) is 5.69 Å². The van der Waals surface area contributed by atoms with Gasteiger partial charge in [0.15, 0.2) is 5.82 Å². The van der Waals surface area contributed by atoms with Crippen LogP contribution in [0.5, 0.6) is 0 Å². The first kappa shape index (κ1) is 10.2. The third-order valence-corrected chi connectivity index (χ3v) is 2.08. The van der Waals surface area contributed by atoms with Crippen LogP contribution >= 0.6 is 0 Å². The van der Waals surface area contributed by atoms with E-state index in [1.807, 2.05) is 6.92 Å². The number of rotatable bonds is 2. The lowest BCUT2D eigenvalue weighted by Crippen LogP contribution is -2.16. The Labute approximate surface area is 91.9 Å². The van der Waals surface area contributed by atoms with E-state index >= 15 is 0 Å². The van der Waals surface area contributed by atoms with Crippen molar-refractivity contribution in [1.29, 1.82) is 0 Å². The van der Waals surface area contributed by atoms with E-state index in [2.05, 4.69) is 10.1 Å². The predicted octanol–water partition coefficient (Wildman–Crippen LogP) is 0.257. The molecule has 0 aliphatic heterocycles. The van der Waals surface area contributed by atoms with Gasteiger partial charge in [0.05, 0.1) is 23.6 Å². The number of aryl methyl sites for hydroxylation is 1. The molecule has 0 aliphatic rings. The molecule has 2 heterocycles. The van der Waals surface area contributed by atoms with Crippen LogP contribution in [-0.2, 0) is 0 Å². The Hall–Kier alpha value is -2.37. The van der Waals surface area contributed by atoms with Crippen molar-refractivity contribution in [2.75, 3.05) is 5.73 Å². The maximum atomic E-state index is 11.2. The number of nitrogens with two attached hydrogens (primary N) is 2. The van der Waals surface area contributed by atoms with Crippen molar-refractivity contribution in [3.8, 4) is 5.82 Å². The van der Waals surface area contributed by atoms with Crippen LogP contribution in [0, 0.1) is 6.92 Å². The van der Waals surface area contributed by atoms with Crippen molar-refractivity contribution in [3.63, 3.8) is 0 Å². The molecule has 16 heavy (non-hydrogen) atoms. The SMILES string of the molecule is Cc1cnn(-c2ncc(N)cc2C(N)=O)c1. The lowest BCUT2D eigenvalue weighted by atomic mass is 10.2. The molecule has 2 aromatic heterocycles. The van der Waals surface area contributed by atoms with Crippen LogP contribution < -0.4 is 11.5 Å². The fraction of sp³-hybridized carbons (Fsp3) is 0.100. The zero-order chi connectivity index (χ0) is 11.7. The van der Waals surface area contributed by atoms with Crippen LogP contribution in [0.1, 0.15) is 15.9 Å².